The van der Waals surface area contributed by atoms with E-state index in [4.69, 9.17) is 9.47 Å². The van der Waals surface area contributed by atoms with Gasteiger partial charge < -0.3 is 9.47 Å². The fraction of sp³-hybridized carbons (Fsp3) is 0.333. The van der Waals surface area contributed by atoms with Crippen molar-refractivity contribution in [1.29, 1.82) is 0 Å². The van der Waals surface area contributed by atoms with Gasteiger partial charge in [0.1, 0.15) is 6.10 Å². The van der Waals surface area contributed by atoms with Gasteiger partial charge in [-0.2, -0.15) is 0 Å². The molecular formula is C15H12O2. The molecule has 0 amide bonds. The van der Waals surface area contributed by atoms with Crippen LogP contribution < -0.4 is 0 Å². The second kappa shape index (κ2) is 11.8. The Bertz CT molecular complexity index is 516. The van der Waals surface area contributed by atoms with Crippen LogP contribution in [0.1, 0.15) is 6.92 Å². The van der Waals surface area contributed by atoms with Crippen molar-refractivity contribution in [2.24, 2.45) is 0 Å². The van der Waals surface area contributed by atoms with E-state index < -0.39 is 0 Å². The van der Waals surface area contributed by atoms with Crippen molar-refractivity contribution in [3.8, 4) is 59.2 Å². The van der Waals surface area contributed by atoms with Crippen molar-refractivity contribution in [1.82, 2.24) is 0 Å². The average Bonchev–Trinajstić information content (AvgIpc) is 2.35. The molecule has 0 bridgehead atoms. The maximum absolute atomic E-state index is 5.02. The summed E-state index contributed by atoms with van der Waals surface area (Å²) in [5, 5.41) is 0. The molecule has 0 aromatic carbocycles. The van der Waals surface area contributed by atoms with Gasteiger partial charge in [0.05, 0.1) is 6.61 Å². The van der Waals surface area contributed by atoms with Crippen molar-refractivity contribution in [3.05, 3.63) is 0 Å². The molecule has 0 radical (unpaired) electrons. The van der Waals surface area contributed by atoms with Crippen LogP contribution in [0.5, 0.6) is 0 Å². The molecule has 0 aliphatic heterocycles. The van der Waals surface area contributed by atoms with Crippen LogP contribution >= 0.6 is 0 Å². The monoisotopic (exact) mass is 224 g/mol. The highest BCUT2D eigenvalue weighted by Gasteiger charge is 1.98. The fourth-order valence-corrected chi connectivity index (χ4v) is 0.687. The molecule has 0 spiro atoms. The van der Waals surface area contributed by atoms with Gasteiger partial charge in [0.15, 0.2) is 0 Å². The molecule has 0 heterocycles. The van der Waals surface area contributed by atoms with Gasteiger partial charge in [-0.1, -0.05) is 11.8 Å². The average molecular weight is 224 g/mol. The molecule has 0 unspecified atom stereocenters. The molecule has 2 heteroatoms. The van der Waals surface area contributed by atoms with Gasteiger partial charge in [-0.05, 0) is 54.3 Å². The van der Waals surface area contributed by atoms with E-state index >= 15 is 0 Å². The van der Waals surface area contributed by atoms with Crippen molar-refractivity contribution >= 4 is 0 Å². The highest BCUT2D eigenvalue weighted by atomic mass is 16.5. The first kappa shape index (κ1) is 14.7. The first-order chi connectivity index (χ1) is 8.35. The lowest BCUT2D eigenvalue weighted by Crippen LogP contribution is -2.14. The Morgan fingerprint density at radius 3 is 1.82 bits per heavy atom. The predicted octanol–water partition coefficient (Wildman–Crippen LogP) is 0.685. The SMILES string of the molecule is CC#CC#CC#CC#CC#C[C@H](COC)OC. The van der Waals surface area contributed by atoms with Crippen molar-refractivity contribution in [2.75, 3.05) is 20.8 Å². The zero-order valence-corrected chi connectivity index (χ0v) is 10.1. The molecular weight excluding hydrogens is 212 g/mol. The number of methoxy groups -OCH3 is 2. The standard InChI is InChI=1S/C15H12O2/c1-4-5-6-7-8-9-10-11-12-13-15(17-3)14-16-2/h15H,14H2,1-3H3/t15-/m1/s1. The van der Waals surface area contributed by atoms with Crippen LogP contribution in [0, 0.1) is 59.2 Å². The summed E-state index contributed by atoms with van der Waals surface area (Å²) in [6.07, 6.45) is -0.262. The molecule has 0 rings (SSSR count). The van der Waals surface area contributed by atoms with Gasteiger partial charge in [-0.15, -0.1) is 0 Å². The molecule has 0 saturated heterocycles. The van der Waals surface area contributed by atoms with Crippen LogP contribution in [0.4, 0.5) is 0 Å². The van der Waals surface area contributed by atoms with E-state index in [1.165, 1.54) is 0 Å². The van der Waals surface area contributed by atoms with Crippen LogP contribution in [0.2, 0.25) is 0 Å². The second-order valence-electron chi connectivity index (χ2n) is 2.57. The van der Waals surface area contributed by atoms with Gasteiger partial charge in [-0.25, -0.2) is 0 Å². The van der Waals surface area contributed by atoms with Gasteiger partial charge >= 0.3 is 0 Å². The lowest BCUT2D eigenvalue weighted by atomic mass is 10.4. The molecule has 0 aliphatic rings. The van der Waals surface area contributed by atoms with E-state index in [2.05, 4.69) is 59.2 Å². The van der Waals surface area contributed by atoms with Crippen LogP contribution in [0.3, 0.4) is 0 Å². The third-order valence-electron chi connectivity index (χ3n) is 1.40. The minimum absolute atomic E-state index is 0.262. The minimum Gasteiger partial charge on any atom is -0.381 e. The molecule has 0 aromatic rings. The minimum atomic E-state index is -0.262. The molecule has 2 nitrogen and oxygen atoms in total. The molecule has 84 valence electrons. The normalized spacial score (nSPS) is 8.18. The molecule has 17 heavy (non-hydrogen) atoms. The van der Waals surface area contributed by atoms with Crippen LogP contribution in [0.15, 0.2) is 0 Å². The number of rotatable bonds is 3. The molecule has 0 N–H and O–H groups in total. The Kier molecular flexibility index (Phi) is 10.2. The molecule has 1 atom stereocenters. The second-order valence-corrected chi connectivity index (χ2v) is 2.57. The zero-order valence-electron chi connectivity index (χ0n) is 10.1. The number of hydrogen-bond acceptors (Lipinski definition) is 2. The summed E-state index contributed by atoms with van der Waals surface area (Å²) < 4.78 is 9.92. The molecule has 0 fully saturated rings. The van der Waals surface area contributed by atoms with Gasteiger partial charge in [0.25, 0.3) is 0 Å². The van der Waals surface area contributed by atoms with E-state index in [0.717, 1.165) is 0 Å². The van der Waals surface area contributed by atoms with E-state index in [1.54, 1.807) is 21.1 Å². The summed E-state index contributed by atoms with van der Waals surface area (Å²) in [6.45, 7) is 2.13. The van der Waals surface area contributed by atoms with E-state index in [1.807, 2.05) is 0 Å². The van der Waals surface area contributed by atoms with Crippen molar-refractivity contribution in [3.63, 3.8) is 0 Å². The lowest BCUT2D eigenvalue weighted by Gasteiger charge is -2.04. The fourth-order valence-electron chi connectivity index (χ4n) is 0.687. The van der Waals surface area contributed by atoms with Crippen molar-refractivity contribution in [2.45, 2.75) is 13.0 Å². The largest absolute Gasteiger partial charge is 0.381 e. The first-order valence-electron chi connectivity index (χ1n) is 4.79. The van der Waals surface area contributed by atoms with Crippen LogP contribution in [-0.2, 0) is 9.47 Å². The third-order valence-corrected chi connectivity index (χ3v) is 1.40. The lowest BCUT2D eigenvalue weighted by molar-refractivity contribution is 0.0628. The molecule has 0 aliphatic carbocycles. The Morgan fingerprint density at radius 1 is 0.824 bits per heavy atom. The van der Waals surface area contributed by atoms with E-state index in [9.17, 15) is 0 Å². The highest BCUT2D eigenvalue weighted by molar-refractivity contribution is 5.42. The maximum atomic E-state index is 5.02. The van der Waals surface area contributed by atoms with Crippen molar-refractivity contribution < 1.29 is 9.47 Å². The van der Waals surface area contributed by atoms with Gasteiger partial charge in [0.2, 0.25) is 0 Å². The molecule has 0 aromatic heterocycles. The van der Waals surface area contributed by atoms with E-state index in [0.29, 0.717) is 6.61 Å². The Hall–Kier alpha value is -2.28. The smallest absolute Gasteiger partial charge is 0.142 e. The summed E-state index contributed by atoms with van der Waals surface area (Å²) >= 11 is 0. The highest BCUT2D eigenvalue weighted by Crippen LogP contribution is 1.86. The van der Waals surface area contributed by atoms with Gasteiger partial charge in [0, 0.05) is 14.2 Å². The first-order valence-corrected chi connectivity index (χ1v) is 4.79. The third kappa shape index (κ3) is 10.0. The number of ether oxygens (including phenoxy) is 2. The summed E-state index contributed by atoms with van der Waals surface area (Å²) in [5.41, 5.74) is 0. The van der Waals surface area contributed by atoms with Crippen LogP contribution in [-0.4, -0.2) is 26.9 Å². The summed E-state index contributed by atoms with van der Waals surface area (Å²) in [5.74, 6) is 25.9. The maximum Gasteiger partial charge on any atom is 0.142 e. The number of hydrogen-bond donors (Lipinski definition) is 0. The Labute approximate surface area is 103 Å². The predicted molar refractivity (Wildman–Crippen MR) is 67.2 cm³/mol. The summed E-state index contributed by atoms with van der Waals surface area (Å²) in [4.78, 5) is 0. The zero-order chi connectivity index (χ0) is 12.8. The molecule has 0 saturated carbocycles. The summed E-state index contributed by atoms with van der Waals surface area (Å²) in [6, 6.07) is 0. The van der Waals surface area contributed by atoms with Crippen LogP contribution in [0.25, 0.3) is 0 Å². The quantitative estimate of drug-likeness (QED) is 0.656. The Morgan fingerprint density at radius 2 is 1.35 bits per heavy atom. The van der Waals surface area contributed by atoms with E-state index in [-0.39, 0.29) is 6.10 Å². The Balaban J connectivity index is 4.24. The topological polar surface area (TPSA) is 18.5 Å². The summed E-state index contributed by atoms with van der Waals surface area (Å²) in [7, 11) is 3.15. The van der Waals surface area contributed by atoms with Gasteiger partial charge in [-0.3, -0.25) is 0 Å².